The number of ether oxygens (including phenoxy) is 2. The highest BCUT2D eigenvalue weighted by Crippen LogP contribution is 2.38. The van der Waals surface area contributed by atoms with E-state index in [0.717, 1.165) is 39.0 Å². The summed E-state index contributed by atoms with van der Waals surface area (Å²) in [7, 11) is 1.46. The zero-order valence-corrected chi connectivity index (χ0v) is 13.4. The maximum Gasteiger partial charge on any atom is 0.318 e. The van der Waals surface area contributed by atoms with Crippen molar-refractivity contribution < 1.29 is 13.9 Å². The molecule has 0 amide bonds. The minimum absolute atomic E-state index is 0.0961. The van der Waals surface area contributed by atoms with Crippen LogP contribution in [0, 0.1) is 5.82 Å². The quantitative estimate of drug-likeness (QED) is 0.784. The third-order valence-electron chi connectivity index (χ3n) is 4.59. The Hall–Kier alpha value is -1.73. The Morgan fingerprint density at radius 1 is 1.39 bits per heavy atom. The van der Waals surface area contributed by atoms with Crippen LogP contribution in [0.15, 0.2) is 6.20 Å². The molecule has 1 atom stereocenters. The fourth-order valence-corrected chi connectivity index (χ4v) is 3.46. The molecule has 8 heteroatoms. The molecule has 122 valence electrons. The van der Waals surface area contributed by atoms with Crippen LogP contribution in [0.1, 0.15) is 19.3 Å². The molecular formula is C15H16ClFN4O2. The molecule has 0 aliphatic carbocycles. The number of halogens is 2. The van der Waals surface area contributed by atoms with Crippen LogP contribution in [-0.2, 0) is 4.74 Å². The third-order valence-corrected chi connectivity index (χ3v) is 4.85. The van der Waals surface area contributed by atoms with Crippen molar-refractivity contribution in [1.29, 1.82) is 0 Å². The summed E-state index contributed by atoms with van der Waals surface area (Å²) in [4.78, 5) is 14.5. The van der Waals surface area contributed by atoms with E-state index < -0.39 is 5.82 Å². The molecule has 0 saturated carbocycles. The fraction of sp³-hybridized carbons (Fsp3) is 0.533. The van der Waals surface area contributed by atoms with Crippen LogP contribution in [0.3, 0.4) is 0 Å². The lowest BCUT2D eigenvalue weighted by Crippen LogP contribution is -2.56. The first-order chi connectivity index (χ1) is 11.1. The molecule has 1 spiro atoms. The molecule has 1 unspecified atom stereocenters. The van der Waals surface area contributed by atoms with Crippen molar-refractivity contribution >= 4 is 28.3 Å². The van der Waals surface area contributed by atoms with Crippen LogP contribution >= 0.6 is 11.6 Å². The van der Waals surface area contributed by atoms with Crippen LogP contribution in [0.5, 0.6) is 6.01 Å². The van der Waals surface area contributed by atoms with E-state index in [1.54, 1.807) is 0 Å². The Morgan fingerprint density at radius 2 is 2.22 bits per heavy atom. The second-order valence-corrected chi connectivity index (χ2v) is 6.32. The molecule has 0 N–H and O–H groups in total. The largest absolute Gasteiger partial charge is 0.467 e. The van der Waals surface area contributed by atoms with E-state index in [9.17, 15) is 4.39 Å². The average molecular weight is 339 g/mol. The highest BCUT2D eigenvalue weighted by atomic mass is 35.5. The SMILES string of the molecule is COc1nc(N2CCCC3(CCO3)C2)c2cnc(Cl)c(F)c2n1. The van der Waals surface area contributed by atoms with Gasteiger partial charge in [-0.1, -0.05) is 11.6 Å². The number of pyridine rings is 1. The first-order valence-electron chi connectivity index (χ1n) is 7.56. The second-order valence-electron chi connectivity index (χ2n) is 5.97. The van der Waals surface area contributed by atoms with Gasteiger partial charge in [-0.05, 0) is 12.8 Å². The molecule has 2 aromatic heterocycles. The standard InChI is InChI=1S/C15H16ClFN4O2/c1-22-14-19-11-9(7-18-12(16)10(11)17)13(20-14)21-5-2-3-15(8-21)4-6-23-15/h7H,2-6,8H2,1H3. The zero-order chi connectivity index (χ0) is 16.0. The smallest absolute Gasteiger partial charge is 0.318 e. The molecule has 4 rings (SSSR count). The second kappa shape index (κ2) is 5.42. The number of anilines is 1. The van der Waals surface area contributed by atoms with Crippen LogP contribution in [0.4, 0.5) is 10.2 Å². The van der Waals surface area contributed by atoms with Crippen LogP contribution in [0.2, 0.25) is 5.15 Å². The Bertz CT molecular complexity index is 769. The highest BCUT2D eigenvalue weighted by molar-refractivity contribution is 6.30. The summed E-state index contributed by atoms with van der Waals surface area (Å²) in [6, 6.07) is 0.114. The van der Waals surface area contributed by atoms with Gasteiger partial charge in [0.05, 0.1) is 24.7 Å². The maximum atomic E-state index is 14.3. The summed E-state index contributed by atoms with van der Waals surface area (Å²) in [5.41, 5.74) is 0.0299. The number of rotatable bonds is 2. The van der Waals surface area contributed by atoms with Crippen molar-refractivity contribution in [1.82, 2.24) is 15.0 Å². The van der Waals surface area contributed by atoms with E-state index in [4.69, 9.17) is 21.1 Å². The minimum Gasteiger partial charge on any atom is -0.467 e. The van der Waals surface area contributed by atoms with Gasteiger partial charge in [-0.2, -0.15) is 9.97 Å². The van der Waals surface area contributed by atoms with Gasteiger partial charge in [0.15, 0.2) is 11.0 Å². The molecule has 6 nitrogen and oxygen atoms in total. The third kappa shape index (κ3) is 2.38. The number of aromatic nitrogens is 3. The van der Waals surface area contributed by atoms with E-state index >= 15 is 0 Å². The van der Waals surface area contributed by atoms with Crippen molar-refractivity contribution in [3.8, 4) is 6.01 Å². The van der Waals surface area contributed by atoms with Crippen LogP contribution < -0.4 is 9.64 Å². The lowest BCUT2D eigenvalue weighted by atomic mass is 9.86. The number of methoxy groups -OCH3 is 1. The molecule has 0 aromatic carbocycles. The summed E-state index contributed by atoms with van der Waals surface area (Å²) in [6.45, 7) is 2.35. The molecule has 23 heavy (non-hydrogen) atoms. The summed E-state index contributed by atoms with van der Waals surface area (Å²) in [5, 5.41) is 0.325. The van der Waals surface area contributed by atoms with Gasteiger partial charge in [0.1, 0.15) is 11.3 Å². The number of nitrogens with zero attached hydrogens (tertiary/aromatic N) is 4. The first kappa shape index (κ1) is 14.8. The molecule has 2 aliphatic heterocycles. The molecule has 0 bridgehead atoms. The van der Waals surface area contributed by atoms with E-state index in [1.165, 1.54) is 13.3 Å². The Balaban J connectivity index is 1.83. The van der Waals surface area contributed by atoms with Crippen molar-refractivity contribution in [2.24, 2.45) is 0 Å². The lowest BCUT2D eigenvalue weighted by molar-refractivity contribution is -0.151. The van der Waals surface area contributed by atoms with Gasteiger partial charge in [-0.3, -0.25) is 0 Å². The number of hydrogen-bond donors (Lipinski definition) is 0. The van der Waals surface area contributed by atoms with Gasteiger partial charge in [0.2, 0.25) is 0 Å². The Morgan fingerprint density at radius 3 is 2.91 bits per heavy atom. The molecule has 2 aliphatic rings. The Kier molecular flexibility index (Phi) is 3.50. The highest BCUT2D eigenvalue weighted by Gasteiger charge is 2.42. The molecule has 2 saturated heterocycles. The molecule has 4 heterocycles. The normalized spacial score (nSPS) is 24.0. The van der Waals surface area contributed by atoms with Gasteiger partial charge < -0.3 is 14.4 Å². The topological polar surface area (TPSA) is 60.4 Å². The Labute approximate surface area is 137 Å². The first-order valence-corrected chi connectivity index (χ1v) is 7.94. The van der Waals surface area contributed by atoms with Crippen molar-refractivity contribution in [2.45, 2.75) is 24.9 Å². The van der Waals surface area contributed by atoms with Crippen molar-refractivity contribution in [3.05, 3.63) is 17.2 Å². The van der Waals surface area contributed by atoms with E-state index in [0.29, 0.717) is 11.2 Å². The van der Waals surface area contributed by atoms with Crippen molar-refractivity contribution in [3.63, 3.8) is 0 Å². The monoisotopic (exact) mass is 338 g/mol. The lowest BCUT2D eigenvalue weighted by Gasteiger charge is -2.48. The molecule has 2 fully saturated rings. The van der Waals surface area contributed by atoms with E-state index in [2.05, 4.69) is 19.9 Å². The molecule has 0 radical (unpaired) electrons. The molecular weight excluding hydrogens is 323 g/mol. The maximum absolute atomic E-state index is 14.3. The summed E-state index contributed by atoms with van der Waals surface area (Å²) in [6.07, 6.45) is 4.60. The van der Waals surface area contributed by atoms with Gasteiger partial charge in [-0.25, -0.2) is 9.37 Å². The van der Waals surface area contributed by atoms with E-state index in [1.807, 2.05) is 0 Å². The van der Waals surface area contributed by atoms with Crippen LogP contribution in [0.25, 0.3) is 10.9 Å². The number of piperidine rings is 1. The van der Waals surface area contributed by atoms with Gasteiger partial charge in [0.25, 0.3) is 0 Å². The fourth-order valence-electron chi connectivity index (χ4n) is 3.32. The summed E-state index contributed by atoms with van der Waals surface area (Å²) < 4.78 is 25.2. The predicted octanol–water partition coefficient (Wildman–Crippen LogP) is 2.59. The number of fused-ring (bicyclic) bond motifs is 1. The minimum atomic E-state index is -0.655. The van der Waals surface area contributed by atoms with E-state index in [-0.39, 0.29) is 22.3 Å². The summed E-state index contributed by atoms with van der Waals surface area (Å²) >= 11 is 5.78. The number of hydrogen-bond acceptors (Lipinski definition) is 6. The van der Waals surface area contributed by atoms with Crippen LogP contribution in [-0.4, -0.2) is 47.4 Å². The van der Waals surface area contributed by atoms with Gasteiger partial charge >= 0.3 is 6.01 Å². The van der Waals surface area contributed by atoms with Crippen molar-refractivity contribution in [2.75, 3.05) is 31.7 Å². The van der Waals surface area contributed by atoms with Gasteiger partial charge in [0, 0.05) is 25.7 Å². The predicted molar refractivity (Wildman–Crippen MR) is 83.6 cm³/mol. The summed E-state index contributed by atoms with van der Waals surface area (Å²) in [5.74, 6) is -0.0396. The molecule has 2 aromatic rings. The average Bonchev–Trinajstić information content (AvgIpc) is 2.56. The zero-order valence-electron chi connectivity index (χ0n) is 12.7. The van der Waals surface area contributed by atoms with Gasteiger partial charge in [-0.15, -0.1) is 0 Å².